The first kappa shape index (κ1) is 17.1. The molecule has 0 fully saturated rings. The SMILES string of the molecule is COc1cc(C(=O)O)c([S+]2c3ccccc3Sc3ccccc32)cc1C. The molecule has 0 atom stereocenters. The summed E-state index contributed by atoms with van der Waals surface area (Å²) in [5.74, 6) is -0.332. The van der Waals surface area contributed by atoms with Crippen molar-refractivity contribution >= 4 is 28.6 Å². The molecule has 1 N–H and O–H groups in total. The standard InChI is InChI=1S/C21H16O3S2/c1-13-11-20(14(21(22)23)12-15(13)24-2)26-18-9-5-3-7-16(18)25-17-8-4-6-10-19(17)26/h3-12H,1-2H3/p+1. The fraction of sp³-hybridized carbons (Fsp3) is 0.0952. The van der Waals surface area contributed by atoms with E-state index in [9.17, 15) is 9.90 Å². The molecule has 3 aromatic rings. The van der Waals surface area contributed by atoms with Crippen LogP contribution in [-0.2, 0) is 10.9 Å². The van der Waals surface area contributed by atoms with Crippen LogP contribution in [0.25, 0.3) is 0 Å². The Labute approximate surface area is 159 Å². The zero-order valence-corrected chi connectivity index (χ0v) is 16.0. The molecular formula is C21H17O3S2+. The zero-order chi connectivity index (χ0) is 18.3. The van der Waals surface area contributed by atoms with Crippen molar-refractivity contribution in [2.45, 2.75) is 31.4 Å². The summed E-state index contributed by atoms with van der Waals surface area (Å²) in [6, 6.07) is 20.1. The number of aromatic carboxylic acids is 1. The highest BCUT2D eigenvalue weighted by Crippen LogP contribution is 2.49. The van der Waals surface area contributed by atoms with Gasteiger partial charge in [-0.1, -0.05) is 36.0 Å². The van der Waals surface area contributed by atoms with Crippen molar-refractivity contribution in [3.8, 4) is 5.75 Å². The normalized spacial score (nSPS) is 13.0. The summed E-state index contributed by atoms with van der Waals surface area (Å²) < 4.78 is 5.35. The van der Waals surface area contributed by atoms with Crippen molar-refractivity contribution in [3.63, 3.8) is 0 Å². The maximum Gasteiger partial charge on any atom is 0.340 e. The number of carboxylic acids is 1. The van der Waals surface area contributed by atoms with Crippen LogP contribution in [0.4, 0.5) is 0 Å². The number of benzene rings is 3. The van der Waals surface area contributed by atoms with Gasteiger partial charge in [-0.25, -0.2) is 4.79 Å². The van der Waals surface area contributed by atoms with Crippen LogP contribution in [0.5, 0.6) is 5.75 Å². The molecule has 3 nitrogen and oxygen atoms in total. The average Bonchev–Trinajstić information content (AvgIpc) is 2.65. The van der Waals surface area contributed by atoms with Gasteiger partial charge in [0, 0.05) is 12.1 Å². The first-order valence-electron chi connectivity index (χ1n) is 8.12. The lowest BCUT2D eigenvalue weighted by molar-refractivity contribution is 0.0692. The molecule has 0 bridgehead atoms. The Bertz CT molecular complexity index is 968. The number of ether oxygens (including phenoxy) is 1. The van der Waals surface area contributed by atoms with Gasteiger partial charge in [0.2, 0.25) is 0 Å². The molecule has 3 aromatic carbocycles. The molecule has 0 aliphatic carbocycles. The summed E-state index contributed by atoms with van der Waals surface area (Å²) in [5.41, 5.74) is 1.24. The van der Waals surface area contributed by atoms with E-state index in [1.807, 2.05) is 37.3 Å². The molecule has 1 aliphatic rings. The van der Waals surface area contributed by atoms with Gasteiger partial charge in [-0.05, 0) is 36.8 Å². The van der Waals surface area contributed by atoms with E-state index in [1.54, 1.807) is 24.9 Å². The molecule has 1 heterocycles. The zero-order valence-electron chi connectivity index (χ0n) is 14.4. The van der Waals surface area contributed by atoms with E-state index in [0.717, 1.165) is 10.5 Å². The van der Waals surface area contributed by atoms with Crippen LogP contribution >= 0.6 is 11.8 Å². The molecule has 0 radical (unpaired) electrons. The van der Waals surface area contributed by atoms with E-state index in [0.29, 0.717) is 11.3 Å². The van der Waals surface area contributed by atoms with Gasteiger partial charge in [0.1, 0.15) is 22.2 Å². The van der Waals surface area contributed by atoms with Crippen molar-refractivity contribution in [2.24, 2.45) is 0 Å². The number of carbonyl (C=O) groups is 1. The molecule has 0 saturated heterocycles. The van der Waals surface area contributed by atoms with Gasteiger partial charge in [0.25, 0.3) is 0 Å². The number of aryl methyl sites for hydroxylation is 1. The van der Waals surface area contributed by atoms with Crippen LogP contribution in [0.1, 0.15) is 15.9 Å². The van der Waals surface area contributed by atoms with Gasteiger partial charge >= 0.3 is 5.97 Å². The summed E-state index contributed by atoms with van der Waals surface area (Å²) in [5, 5.41) is 9.85. The predicted octanol–water partition coefficient (Wildman–Crippen LogP) is 5.26. The van der Waals surface area contributed by atoms with Gasteiger partial charge in [0.15, 0.2) is 14.7 Å². The van der Waals surface area contributed by atoms with Crippen molar-refractivity contribution < 1.29 is 14.6 Å². The van der Waals surface area contributed by atoms with Crippen LogP contribution in [0.2, 0.25) is 0 Å². The van der Waals surface area contributed by atoms with E-state index in [2.05, 4.69) is 24.3 Å². The van der Waals surface area contributed by atoms with E-state index < -0.39 is 16.9 Å². The summed E-state index contributed by atoms with van der Waals surface area (Å²) in [6.45, 7) is 1.95. The van der Waals surface area contributed by atoms with E-state index in [-0.39, 0.29) is 0 Å². The summed E-state index contributed by atoms with van der Waals surface area (Å²) in [7, 11) is 1.10. The highest BCUT2D eigenvalue weighted by atomic mass is 32.2. The topological polar surface area (TPSA) is 46.5 Å². The summed E-state index contributed by atoms with van der Waals surface area (Å²) in [6.07, 6.45) is 0. The lowest BCUT2D eigenvalue weighted by atomic mass is 10.1. The van der Waals surface area contributed by atoms with E-state index in [1.165, 1.54) is 19.6 Å². The Kier molecular flexibility index (Phi) is 4.42. The Morgan fingerprint density at radius 3 is 2.08 bits per heavy atom. The monoisotopic (exact) mass is 381 g/mol. The van der Waals surface area contributed by atoms with Crippen molar-refractivity contribution in [3.05, 3.63) is 71.8 Å². The quantitative estimate of drug-likeness (QED) is 0.492. The van der Waals surface area contributed by atoms with Crippen molar-refractivity contribution in [2.75, 3.05) is 7.11 Å². The smallest absolute Gasteiger partial charge is 0.340 e. The van der Waals surface area contributed by atoms with Gasteiger partial charge in [-0.15, -0.1) is 0 Å². The molecule has 0 saturated carbocycles. The van der Waals surface area contributed by atoms with E-state index in [4.69, 9.17) is 4.74 Å². The van der Waals surface area contributed by atoms with Crippen LogP contribution in [0.15, 0.2) is 85.1 Å². The molecular weight excluding hydrogens is 364 g/mol. The van der Waals surface area contributed by atoms with Crippen LogP contribution in [0.3, 0.4) is 0 Å². The highest BCUT2D eigenvalue weighted by molar-refractivity contribution is 8.04. The number of carboxylic acid groups (broad SMARTS) is 1. The number of rotatable bonds is 3. The molecule has 130 valence electrons. The lowest BCUT2D eigenvalue weighted by Crippen LogP contribution is -2.15. The van der Waals surface area contributed by atoms with Gasteiger partial charge in [0.05, 0.1) is 16.9 Å². The third-order valence-corrected chi connectivity index (χ3v) is 8.08. The second-order valence-electron chi connectivity index (χ2n) is 5.92. The van der Waals surface area contributed by atoms with Gasteiger partial charge in [-0.2, -0.15) is 0 Å². The Balaban J connectivity index is 2.02. The highest BCUT2D eigenvalue weighted by Gasteiger charge is 2.40. The molecule has 0 aromatic heterocycles. The van der Waals surface area contributed by atoms with Crippen molar-refractivity contribution in [1.82, 2.24) is 0 Å². The maximum absolute atomic E-state index is 12.0. The Morgan fingerprint density at radius 1 is 0.962 bits per heavy atom. The predicted molar refractivity (Wildman–Crippen MR) is 104 cm³/mol. The van der Waals surface area contributed by atoms with Crippen LogP contribution < -0.4 is 4.74 Å². The number of methoxy groups -OCH3 is 1. The van der Waals surface area contributed by atoms with Gasteiger partial charge in [-0.3, -0.25) is 0 Å². The fourth-order valence-electron chi connectivity index (χ4n) is 3.10. The molecule has 0 spiro atoms. The number of hydrogen-bond donors (Lipinski definition) is 1. The Morgan fingerprint density at radius 2 is 1.54 bits per heavy atom. The minimum atomic E-state index is -0.931. The van der Waals surface area contributed by atoms with Crippen LogP contribution in [-0.4, -0.2) is 18.2 Å². The van der Waals surface area contributed by atoms with Gasteiger partial charge < -0.3 is 9.84 Å². The summed E-state index contributed by atoms with van der Waals surface area (Å²) >= 11 is 1.74. The van der Waals surface area contributed by atoms with E-state index >= 15 is 0 Å². The first-order chi connectivity index (χ1) is 12.6. The fourth-order valence-corrected chi connectivity index (χ4v) is 7.05. The largest absolute Gasteiger partial charge is 0.496 e. The van der Waals surface area contributed by atoms with Crippen molar-refractivity contribution in [1.29, 1.82) is 0 Å². The molecule has 0 amide bonds. The number of hydrogen-bond acceptors (Lipinski definition) is 3. The second kappa shape index (κ2) is 6.74. The Hall–Kier alpha value is -2.37. The molecule has 26 heavy (non-hydrogen) atoms. The third kappa shape index (κ3) is 2.77. The second-order valence-corrected chi connectivity index (χ2v) is 8.94. The minimum Gasteiger partial charge on any atom is -0.496 e. The molecule has 0 unspecified atom stereocenters. The molecule has 1 aliphatic heterocycles. The molecule has 4 rings (SSSR count). The third-order valence-electron chi connectivity index (χ3n) is 4.31. The average molecular weight is 381 g/mol. The first-order valence-corrected chi connectivity index (χ1v) is 10.2. The molecule has 5 heteroatoms. The lowest BCUT2D eigenvalue weighted by Gasteiger charge is -2.20. The van der Waals surface area contributed by atoms with Crippen LogP contribution in [0, 0.1) is 6.92 Å². The minimum absolute atomic E-state index is 0.298. The maximum atomic E-state index is 12.0. The number of fused-ring (bicyclic) bond motifs is 2. The summed E-state index contributed by atoms with van der Waals surface area (Å²) in [4.78, 5) is 17.5.